The van der Waals surface area contributed by atoms with Crippen LogP contribution in [-0.4, -0.2) is 34.6 Å². The summed E-state index contributed by atoms with van der Waals surface area (Å²) in [6.07, 6.45) is 5.40. The molecule has 0 saturated carbocycles. The van der Waals surface area contributed by atoms with Crippen LogP contribution in [-0.2, 0) is 18.7 Å². The first-order chi connectivity index (χ1) is 10.6. The van der Waals surface area contributed by atoms with Crippen molar-refractivity contribution in [3.05, 3.63) is 60.7 Å². The van der Waals surface area contributed by atoms with Crippen molar-refractivity contribution in [3.8, 4) is 0 Å². The summed E-state index contributed by atoms with van der Waals surface area (Å²) in [5, 5.41) is 18.8. The summed E-state index contributed by atoms with van der Waals surface area (Å²) in [4.78, 5) is 7.57. The fraction of sp³-hybridized carbons (Fsp3) is 0.231. The fourth-order valence-electron chi connectivity index (χ4n) is 2.25. The topological polar surface area (TPSA) is 117 Å². The third-order valence-electron chi connectivity index (χ3n) is 3.21. The van der Waals surface area contributed by atoms with E-state index in [1.54, 1.807) is 0 Å². The first kappa shape index (κ1) is 16.6. The van der Waals surface area contributed by atoms with Crippen LogP contribution in [0.25, 0.3) is 0 Å². The minimum Gasteiger partial charge on any atom is -0.381 e. The molecule has 2 aromatic heterocycles. The molecule has 0 radical (unpaired) electrons. The fourth-order valence-corrected chi connectivity index (χ4v) is 2.25. The van der Waals surface area contributed by atoms with Crippen LogP contribution in [0.2, 0.25) is 0 Å². The first-order valence-corrected chi connectivity index (χ1v) is 6.39. The van der Waals surface area contributed by atoms with Crippen LogP contribution in [0.5, 0.6) is 0 Å². The van der Waals surface area contributed by atoms with Crippen molar-refractivity contribution in [2.45, 2.75) is 18.7 Å². The van der Waals surface area contributed by atoms with Crippen LogP contribution in [0.3, 0.4) is 0 Å². The lowest BCUT2D eigenvalue weighted by Gasteiger charge is -2.28. The lowest BCUT2D eigenvalue weighted by atomic mass is 9.93. The van der Waals surface area contributed by atoms with E-state index in [2.05, 4.69) is 20.2 Å². The van der Waals surface area contributed by atoms with Gasteiger partial charge in [0.15, 0.2) is 0 Å². The van der Waals surface area contributed by atoms with Gasteiger partial charge in [-0.1, -0.05) is 6.07 Å². The summed E-state index contributed by atoms with van der Waals surface area (Å²) in [5.41, 5.74) is -1.75. The highest BCUT2D eigenvalue weighted by molar-refractivity contribution is 5.25. The lowest BCUT2D eigenvalue weighted by molar-refractivity contribution is -0.00855. The molecule has 0 unspecified atom stereocenters. The number of hydrogen-bond acceptors (Lipinski definition) is 6. The number of hydrogen-bond donors (Lipinski definition) is 2. The average molecular weight is 323 g/mol. The van der Waals surface area contributed by atoms with Crippen LogP contribution in [0.1, 0.15) is 5.56 Å². The van der Waals surface area contributed by atoms with Gasteiger partial charge in [-0.3, -0.25) is 0 Å². The van der Waals surface area contributed by atoms with Gasteiger partial charge in [-0.25, -0.2) is 28.1 Å². The van der Waals surface area contributed by atoms with E-state index in [9.17, 15) is 13.9 Å². The second kappa shape index (κ2) is 6.58. The van der Waals surface area contributed by atoms with Gasteiger partial charge < -0.3 is 11.3 Å². The molecule has 2 heterocycles. The van der Waals surface area contributed by atoms with Gasteiger partial charge in [-0.05, 0) is 6.07 Å². The van der Waals surface area contributed by atoms with Crippen molar-refractivity contribution in [2.24, 2.45) is 0 Å². The number of aliphatic hydroxyl groups is 1. The van der Waals surface area contributed by atoms with Gasteiger partial charge in [0.25, 0.3) is 0 Å². The number of benzene rings is 1. The Morgan fingerprint density at radius 1 is 1.00 bits per heavy atom. The van der Waals surface area contributed by atoms with Gasteiger partial charge >= 0.3 is 0 Å². The van der Waals surface area contributed by atoms with Gasteiger partial charge in [0.05, 0.1) is 13.1 Å². The van der Waals surface area contributed by atoms with E-state index >= 15 is 0 Å². The standard InChI is InChI=1S/C13H12F2N6O.H3N/c14-10-1-2-11(12(15)3-10)13(22,4-20-8-16-6-18-20)5-21-9-17-7-19-21;/h1-3,6-9,22H,4-5H2;1H3. The first-order valence-electron chi connectivity index (χ1n) is 6.39. The molecule has 0 aliphatic rings. The molecule has 0 amide bonds. The zero-order valence-corrected chi connectivity index (χ0v) is 12.0. The summed E-state index contributed by atoms with van der Waals surface area (Å²) < 4.78 is 29.9. The molecule has 0 spiro atoms. The second-order valence-corrected chi connectivity index (χ2v) is 4.84. The quantitative estimate of drug-likeness (QED) is 0.720. The lowest BCUT2D eigenvalue weighted by Crippen LogP contribution is -2.37. The van der Waals surface area contributed by atoms with Gasteiger partial charge in [-0.15, -0.1) is 0 Å². The molecule has 23 heavy (non-hydrogen) atoms. The van der Waals surface area contributed by atoms with Crippen LogP contribution in [0.15, 0.2) is 43.5 Å². The minimum absolute atomic E-state index is 0. The van der Waals surface area contributed by atoms with Gasteiger partial charge in [0.2, 0.25) is 0 Å². The van der Waals surface area contributed by atoms with Crippen LogP contribution in [0, 0.1) is 11.6 Å². The smallest absolute Gasteiger partial charge is 0.137 e. The van der Waals surface area contributed by atoms with Gasteiger partial charge in [-0.2, -0.15) is 10.2 Å². The average Bonchev–Trinajstić information content (AvgIpc) is 3.12. The highest BCUT2D eigenvalue weighted by Crippen LogP contribution is 2.28. The predicted molar refractivity (Wildman–Crippen MR) is 75.3 cm³/mol. The van der Waals surface area contributed by atoms with Crippen LogP contribution in [0.4, 0.5) is 8.78 Å². The Kier molecular flexibility index (Phi) is 4.77. The zero-order valence-electron chi connectivity index (χ0n) is 12.0. The Morgan fingerprint density at radius 2 is 1.57 bits per heavy atom. The largest absolute Gasteiger partial charge is 0.381 e. The summed E-state index contributed by atoms with van der Waals surface area (Å²) in [5.74, 6) is -1.56. The molecule has 0 aliphatic heterocycles. The molecule has 10 heteroatoms. The van der Waals surface area contributed by atoms with Crippen molar-refractivity contribution in [3.63, 3.8) is 0 Å². The van der Waals surface area contributed by atoms with Crippen molar-refractivity contribution >= 4 is 0 Å². The van der Waals surface area contributed by atoms with Gasteiger partial charge in [0, 0.05) is 11.6 Å². The van der Waals surface area contributed by atoms with E-state index in [4.69, 9.17) is 0 Å². The maximum absolute atomic E-state index is 14.1. The number of halogens is 2. The molecule has 0 atom stereocenters. The van der Waals surface area contributed by atoms with E-state index in [-0.39, 0.29) is 24.8 Å². The molecule has 0 aliphatic carbocycles. The van der Waals surface area contributed by atoms with E-state index in [0.717, 1.165) is 12.1 Å². The number of rotatable bonds is 5. The number of aromatic nitrogens is 6. The Morgan fingerprint density at radius 3 is 2.00 bits per heavy atom. The monoisotopic (exact) mass is 323 g/mol. The van der Waals surface area contributed by atoms with Crippen molar-refractivity contribution < 1.29 is 13.9 Å². The molecular formula is C13H15F2N7O. The highest BCUT2D eigenvalue weighted by atomic mass is 19.1. The van der Waals surface area contributed by atoms with E-state index in [1.807, 2.05) is 0 Å². The summed E-state index contributed by atoms with van der Waals surface area (Å²) in [6.45, 7) is -0.148. The maximum atomic E-state index is 14.1. The molecule has 4 N–H and O–H groups in total. The molecule has 122 valence electrons. The Bertz CT molecular complexity index is 710. The minimum atomic E-state index is -1.70. The van der Waals surface area contributed by atoms with Crippen LogP contribution >= 0.6 is 0 Å². The zero-order chi connectivity index (χ0) is 15.6. The summed E-state index contributed by atoms with van der Waals surface area (Å²) >= 11 is 0. The third-order valence-corrected chi connectivity index (χ3v) is 3.21. The molecule has 0 saturated heterocycles. The Balaban J connectivity index is 0.00000192. The molecule has 3 aromatic rings. The normalized spacial score (nSPS) is 11.3. The second-order valence-electron chi connectivity index (χ2n) is 4.84. The molecule has 8 nitrogen and oxygen atoms in total. The van der Waals surface area contributed by atoms with E-state index in [1.165, 1.54) is 40.7 Å². The number of nitrogens with zero attached hydrogens (tertiary/aromatic N) is 6. The summed E-state index contributed by atoms with van der Waals surface area (Å²) in [6, 6.07) is 3.02. The SMILES string of the molecule is N.OC(Cn1cncn1)(Cn1cncn1)c1ccc(F)cc1F. The Hall–Kier alpha value is -2.72. The van der Waals surface area contributed by atoms with Crippen LogP contribution < -0.4 is 6.15 Å². The molecule has 1 aromatic carbocycles. The van der Waals surface area contributed by atoms with Gasteiger partial charge in [0.1, 0.15) is 42.5 Å². The summed E-state index contributed by atoms with van der Waals surface area (Å²) in [7, 11) is 0. The molecular weight excluding hydrogens is 308 g/mol. The predicted octanol–water partition coefficient (Wildman–Crippen LogP) is 0.898. The van der Waals surface area contributed by atoms with Crippen molar-refractivity contribution in [1.29, 1.82) is 0 Å². The maximum Gasteiger partial charge on any atom is 0.137 e. The van der Waals surface area contributed by atoms with Crippen molar-refractivity contribution in [2.75, 3.05) is 0 Å². The molecule has 0 fully saturated rings. The Labute approximate surface area is 130 Å². The molecule has 3 rings (SSSR count). The highest BCUT2D eigenvalue weighted by Gasteiger charge is 2.34. The third kappa shape index (κ3) is 3.55. The van der Waals surface area contributed by atoms with Crippen molar-refractivity contribution in [1.82, 2.24) is 35.7 Å². The van der Waals surface area contributed by atoms with E-state index < -0.39 is 17.2 Å². The van der Waals surface area contributed by atoms with E-state index in [0.29, 0.717) is 0 Å². The molecule has 0 bridgehead atoms.